The van der Waals surface area contributed by atoms with Gasteiger partial charge >= 0.3 is 5.97 Å². The van der Waals surface area contributed by atoms with Crippen molar-refractivity contribution in [2.24, 2.45) is 0 Å². The van der Waals surface area contributed by atoms with Crippen molar-refractivity contribution >= 4 is 22.4 Å². The Morgan fingerprint density at radius 1 is 1.22 bits per heavy atom. The summed E-state index contributed by atoms with van der Waals surface area (Å²) in [5.41, 5.74) is 2.24. The Hall–Kier alpha value is -2.53. The molecule has 0 aliphatic heterocycles. The fourth-order valence-corrected chi connectivity index (χ4v) is 2.67. The summed E-state index contributed by atoms with van der Waals surface area (Å²) in [5, 5.41) is 9.97. The lowest BCUT2D eigenvalue weighted by molar-refractivity contribution is 0.0531. The Morgan fingerprint density at radius 2 is 2.00 bits per heavy atom. The number of rotatable bonds is 5. The second-order valence-corrected chi connectivity index (χ2v) is 5.34. The molecule has 0 fully saturated rings. The number of para-hydroxylation sites is 1. The fraction of sp³-hybridized carbons (Fsp3) is 0.278. The van der Waals surface area contributed by atoms with Crippen molar-refractivity contribution in [1.29, 1.82) is 0 Å². The molecule has 3 rings (SSSR count). The number of benzene rings is 1. The first-order valence-corrected chi connectivity index (χ1v) is 7.63. The number of carbonyl (C=O) groups excluding carboxylic acids is 1. The number of esters is 1. The van der Waals surface area contributed by atoms with Crippen LogP contribution < -0.4 is 4.74 Å². The highest BCUT2D eigenvalue weighted by molar-refractivity contribution is 6.11. The van der Waals surface area contributed by atoms with Crippen molar-refractivity contribution in [3.05, 3.63) is 48.2 Å². The van der Waals surface area contributed by atoms with Gasteiger partial charge in [0.25, 0.3) is 0 Å². The molecule has 0 bridgehead atoms. The second-order valence-electron chi connectivity index (χ2n) is 5.34. The Kier molecular flexibility index (Phi) is 4.21. The molecule has 120 valence electrons. The molecule has 5 heteroatoms. The van der Waals surface area contributed by atoms with Crippen LogP contribution in [0, 0.1) is 0 Å². The van der Waals surface area contributed by atoms with Crippen LogP contribution in [0.5, 0.6) is 5.75 Å². The van der Waals surface area contributed by atoms with Crippen LogP contribution >= 0.6 is 0 Å². The van der Waals surface area contributed by atoms with Crippen LogP contribution in [-0.2, 0) is 4.74 Å². The molecule has 0 saturated heterocycles. The molecule has 2 heterocycles. The highest BCUT2D eigenvalue weighted by Crippen LogP contribution is 2.29. The Morgan fingerprint density at radius 3 is 2.74 bits per heavy atom. The molecule has 0 aliphatic rings. The normalized spacial score (nSPS) is 12.5. The molecule has 1 unspecified atom stereocenters. The van der Waals surface area contributed by atoms with Gasteiger partial charge in [-0.05, 0) is 32.0 Å². The largest absolute Gasteiger partial charge is 0.487 e. The molecular weight excluding hydrogens is 294 g/mol. The Bertz CT molecular complexity index is 853. The van der Waals surface area contributed by atoms with Gasteiger partial charge in [0, 0.05) is 5.39 Å². The summed E-state index contributed by atoms with van der Waals surface area (Å²) in [4.78, 5) is 12.3. The van der Waals surface area contributed by atoms with Crippen LogP contribution in [0.3, 0.4) is 0 Å². The van der Waals surface area contributed by atoms with E-state index in [9.17, 15) is 4.79 Å². The van der Waals surface area contributed by atoms with Gasteiger partial charge in [-0.25, -0.2) is 4.79 Å². The number of nitrogens with zero attached hydrogens (tertiary/aromatic N) is 1. The van der Waals surface area contributed by atoms with E-state index in [-0.39, 0.29) is 18.7 Å². The van der Waals surface area contributed by atoms with Crippen molar-refractivity contribution in [1.82, 2.24) is 4.40 Å². The van der Waals surface area contributed by atoms with Crippen LogP contribution in [-0.4, -0.2) is 34.8 Å². The van der Waals surface area contributed by atoms with Crippen molar-refractivity contribution in [3.63, 3.8) is 0 Å². The lowest BCUT2D eigenvalue weighted by Crippen LogP contribution is -2.16. The molecule has 0 aliphatic carbocycles. The zero-order valence-electron chi connectivity index (χ0n) is 13.2. The van der Waals surface area contributed by atoms with E-state index in [1.165, 1.54) is 0 Å². The van der Waals surface area contributed by atoms with E-state index < -0.39 is 0 Å². The number of pyridine rings is 1. The van der Waals surface area contributed by atoms with E-state index in [4.69, 9.17) is 14.6 Å². The number of carbonyl (C=O) groups is 1. The van der Waals surface area contributed by atoms with E-state index in [2.05, 4.69) is 0 Å². The van der Waals surface area contributed by atoms with Gasteiger partial charge in [-0.3, -0.25) is 0 Å². The Labute approximate surface area is 134 Å². The fourth-order valence-electron chi connectivity index (χ4n) is 2.67. The predicted molar refractivity (Wildman–Crippen MR) is 88.0 cm³/mol. The number of hydrogen-bond donors (Lipinski definition) is 1. The van der Waals surface area contributed by atoms with Crippen LogP contribution in [0.2, 0.25) is 0 Å². The maximum absolute atomic E-state index is 12.3. The van der Waals surface area contributed by atoms with Gasteiger partial charge in [0.05, 0.1) is 36.0 Å². The topological polar surface area (TPSA) is 60.2 Å². The monoisotopic (exact) mass is 313 g/mol. The van der Waals surface area contributed by atoms with Crippen LogP contribution in [0.15, 0.2) is 42.6 Å². The molecule has 1 atom stereocenters. The molecule has 3 aromatic rings. The lowest BCUT2D eigenvalue weighted by atomic mass is 10.1. The van der Waals surface area contributed by atoms with Crippen molar-refractivity contribution < 1.29 is 19.4 Å². The van der Waals surface area contributed by atoms with E-state index in [0.717, 1.165) is 16.4 Å². The molecule has 5 nitrogen and oxygen atoms in total. The minimum atomic E-state index is -0.330. The molecule has 23 heavy (non-hydrogen) atoms. The summed E-state index contributed by atoms with van der Waals surface area (Å²) in [6, 6.07) is 11.3. The van der Waals surface area contributed by atoms with Gasteiger partial charge in [0.1, 0.15) is 11.9 Å². The van der Waals surface area contributed by atoms with Gasteiger partial charge in [0.15, 0.2) is 0 Å². The number of ether oxygens (including phenoxy) is 2. The van der Waals surface area contributed by atoms with Gasteiger partial charge in [-0.15, -0.1) is 0 Å². The van der Waals surface area contributed by atoms with Crippen LogP contribution in [0.1, 0.15) is 24.2 Å². The van der Waals surface area contributed by atoms with E-state index in [0.29, 0.717) is 17.9 Å². The number of aliphatic hydroxyl groups excluding tert-OH is 1. The van der Waals surface area contributed by atoms with Gasteiger partial charge < -0.3 is 19.0 Å². The molecule has 0 spiro atoms. The quantitative estimate of drug-likeness (QED) is 0.736. The molecule has 0 saturated carbocycles. The van der Waals surface area contributed by atoms with Crippen LogP contribution in [0.25, 0.3) is 16.4 Å². The van der Waals surface area contributed by atoms with Crippen molar-refractivity contribution in [2.75, 3.05) is 13.2 Å². The molecule has 1 N–H and O–H groups in total. The van der Waals surface area contributed by atoms with E-state index in [1.807, 2.05) is 40.9 Å². The molecule has 0 radical (unpaired) electrons. The lowest BCUT2D eigenvalue weighted by Gasteiger charge is -2.12. The third kappa shape index (κ3) is 2.75. The standard InChI is InChI=1S/C18H19NO4/c1-3-22-18(21)17-14-6-4-5-7-15(14)19-10-13(8-9-16(17)19)23-12(2)11-20/h4-10,12,20H,3,11H2,1-2H3. The third-order valence-corrected chi connectivity index (χ3v) is 3.68. The first kappa shape index (κ1) is 15.4. The summed E-state index contributed by atoms with van der Waals surface area (Å²) < 4.78 is 12.8. The minimum Gasteiger partial charge on any atom is -0.487 e. The Balaban J connectivity index is 2.20. The maximum atomic E-state index is 12.3. The molecule has 2 aromatic heterocycles. The SMILES string of the molecule is CCOC(=O)c1c2ccccc2n2cc(OC(C)CO)ccc12. The molecular formula is C18H19NO4. The number of hydrogen-bond acceptors (Lipinski definition) is 4. The first-order valence-electron chi connectivity index (χ1n) is 7.63. The highest BCUT2D eigenvalue weighted by Gasteiger charge is 2.19. The predicted octanol–water partition coefficient (Wildman–Crippen LogP) is 3.03. The smallest absolute Gasteiger partial charge is 0.340 e. The van der Waals surface area contributed by atoms with Crippen LogP contribution in [0.4, 0.5) is 0 Å². The summed E-state index contributed by atoms with van der Waals surface area (Å²) in [6.07, 6.45) is 1.53. The summed E-state index contributed by atoms with van der Waals surface area (Å²) >= 11 is 0. The third-order valence-electron chi connectivity index (χ3n) is 3.68. The average molecular weight is 313 g/mol. The maximum Gasteiger partial charge on any atom is 0.340 e. The number of aromatic nitrogens is 1. The zero-order valence-corrected chi connectivity index (χ0v) is 13.2. The average Bonchev–Trinajstić information content (AvgIpc) is 2.89. The van der Waals surface area contributed by atoms with Crippen molar-refractivity contribution in [3.8, 4) is 5.75 Å². The van der Waals surface area contributed by atoms with Gasteiger partial charge in [-0.2, -0.15) is 0 Å². The minimum absolute atomic E-state index is 0.0570. The second kappa shape index (κ2) is 6.30. The van der Waals surface area contributed by atoms with E-state index in [1.54, 1.807) is 19.9 Å². The summed E-state index contributed by atoms with van der Waals surface area (Å²) in [6.45, 7) is 3.86. The van der Waals surface area contributed by atoms with Gasteiger partial charge in [-0.1, -0.05) is 18.2 Å². The first-order chi connectivity index (χ1) is 11.2. The van der Waals surface area contributed by atoms with Gasteiger partial charge in [0.2, 0.25) is 0 Å². The van der Waals surface area contributed by atoms with E-state index >= 15 is 0 Å². The summed E-state index contributed by atoms with van der Waals surface area (Å²) in [5.74, 6) is 0.304. The van der Waals surface area contributed by atoms with Crippen molar-refractivity contribution in [2.45, 2.75) is 20.0 Å². The molecule has 0 amide bonds. The zero-order chi connectivity index (χ0) is 16.4. The molecule has 1 aromatic carbocycles. The number of aliphatic hydroxyl groups is 1. The summed E-state index contributed by atoms with van der Waals surface area (Å²) in [7, 11) is 0. The highest BCUT2D eigenvalue weighted by atomic mass is 16.5. The number of fused-ring (bicyclic) bond motifs is 3.